The third-order valence-corrected chi connectivity index (χ3v) is 12.2. The van der Waals surface area contributed by atoms with Gasteiger partial charge >= 0.3 is 5.97 Å². The van der Waals surface area contributed by atoms with E-state index in [9.17, 15) is 68.9 Å². The SMILES string of the molecule is Nc1cc(S(=O)(=O)O)c(N=Nc2cc(OCCO)c(N=Nc3c(S(=O)(=O)O)cc4cc(N=NC5C(=O)N(c6ccc(S(=O)(=O)O)cc6)N=C5C(=O)O)ccc4c3O)cc2OCCO)cc1SOOO. The number of aliphatic hydroxyl groups is 2. The highest BCUT2D eigenvalue weighted by Crippen LogP contribution is 2.46. The molecule has 69 heavy (non-hydrogen) atoms. The number of anilines is 2. The topological polar surface area (TPSA) is 451 Å². The van der Waals surface area contributed by atoms with Crippen LogP contribution in [0.2, 0.25) is 0 Å². The molecule has 10 N–H and O–H groups in total. The monoisotopic (exact) mass is 1040 g/mol. The Balaban J connectivity index is 1.37. The Labute approximate surface area is 390 Å². The van der Waals surface area contributed by atoms with Crippen LogP contribution >= 0.6 is 12.0 Å². The summed E-state index contributed by atoms with van der Waals surface area (Å²) in [4.78, 5) is 22.8. The van der Waals surface area contributed by atoms with Crippen LogP contribution in [0.4, 0.5) is 39.8 Å². The van der Waals surface area contributed by atoms with E-state index < -0.39 is 112 Å². The summed E-state index contributed by atoms with van der Waals surface area (Å²) in [6.45, 7) is -1.93. The number of aliphatic carboxylic acids is 1. The van der Waals surface area contributed by atoms with Crippen molar-refractivity contribution in [1.82, 2.24) is 0 Å². The number of aliphatic hydroxyl groups excluding tert-OH is 2. The second kappa shape index (κ2) is 21.0. The van der Waals surface area contributed by atoms with Crippen molar-refractivity contribution in [2.24, 2.45) is 35.8 Å². The summed E-state index contributed by atoms with van der Waals surface area (Å²) < 4.78 is 117. The van der Waals surface area contributed by atoms with Gasteiger partial charge in [-0.25, -0.2) is 10.1 Å². The van der Waals surface area contributed by atoms with Gasteiger partial charge in [0.2, 0.25) is 6.04 Å². The summed E-state index contributed by atoms with van der Waals surface area (Å²) in [6, 6.07) is 10.5. The Morgan fingerprint density at radius 2 is 1.35 bits per heavy atom. The molecule has 5 aromatic carbocycles. The number of aromatic hydroxyl groups is 1. The number of nitrogens with two attached hydrogens (primary N) is 1. The molecule has 6 rings (SSSR count). The molecule has 33 heteroatoms. The van der Waals surface area contributed by atoms with Crippen LogP contribution in [-0.2, 0) is 49.3 Å². The average Bonchev–Trinajstić information content (AvgIpc) is 3.63. The molecule has 0 fully saturated rings. The van der Waals surface area contributed by atoms with Gasteiger partial charge in [-0.15, -0.1) is 24.8 Å². The van der Waals surface area contributed by atoms with Crippen molar-refractivity contribution < 1.29 is 93.0 Å². The number of nitrogen functional groups attached to an aromatic ring is 1. The molecule has 364 valence electrons. The lowest BCUT2D eigenvalue weighted by atomic mass is 10.1. The van der Waals surface area contributed by atoms with E-state index in [0.717, 1.165) is 60.7 Å². The number of hydrazone groups is 1. The van der Waals surface area contributed by atoms with E-state index in [0.29, 0.717) is 17.1 Å². The molecule has 5 aromatic rings. The molecule has 0 saturated heterocycles. The largest absolute Gasteiger partial charge is 0.505 e. The molecule has 0 bridgehead atoms. The zero-order valence-electron chi connectivity index (χ0n) is 34.1. The lowest BCUT2D eigenvalue weighted by Gasteiger charge is -2.13. The van der Waals surface area contributed by atoms with Crippen molar-refractivity contribution in [2.75, 3.05) is 37.2 Å². The molecule has 1 atom stereocenters. The molecular weight excluding hydrogens is 1010 g/mol. The van der Waals surface area contributed by atoms with Gasteiger partial charge in [0.25, 0.3) is 36.3 Å². The first-order valence-electron chi connectivity index (χ1n) is 18.5. The van der Waals surface area contributed by atoms with Crippen LogP contribution in [0, 0.1) is 0 Å². The second-order valence-corrected chi connectivity index (χ2v) is 18.3. The number of hydrogen-bond donors (Lipinski definition) is 9. The lowest BCUT2D eigenvalue weighted by molar-refractivity contribution is -0.432. The normalized spacial score (nSPS) is 14.7. The van der Waals surface area contributed by atoms with Crippen molar-refractivity contribution in [3.05, 3.63) is 72.8 Å². The predicted octanol–water partition coefficient (Wildman–Crippen LogP) is 4.81. The summed E-state index contributed by atoms with van der Waals surface area (Å²) in [5.41, 5.74) is 2.58. The summed E-state index contributed by atoms with van der Waals surface area (Å²) in [5.74, 6) is -4.12. The quantitative estimate of drug-likeness (QED) is 0.0126. The number of benzene rings is 5. The van der Waals surface area contributed by atoms with Gasteiger partial charge < -0.3 is 35.6 Å². The van der Waals surface area contributed by atoms with Gasteiger partial charge in [-0.2, -0.15) is 45.6 Å². The first kappa shape index (κ1) is 51.2. The summed E-state index contributed by atoms with van der Waals surface area (Å²) in [7, 11) is -14.8. The number of rotatable bonds is 20. The average molecular weight is 1040 g/mol. The van der Waals surface area contributed by atoms with Crippen LogP contribution in [-0.4, -0.2) is 115 Å². The highest BCUT2D eigenvalue weighted by molar-refractivity contribution is 7.94. The molecular formula is C36H31N9O20S4. The Morgan fingerprint density at radius 1 is 0.754 bits per heavy atom. The van der Waals surface area contributed by atoms with E-state index in [1.165, 1.54) is 12.1 Å². The van der Waals surface area contributed by atoms with E-state index in [-0.39, 0.29) is 55.6 Å². The molecule has 1 unspecified atom stereocenters. The van der Waals surface area contributed by atoms with Gasteiger partial charge in [-0.1, -0.05) is 5.04 Å². The summed E-state index contributed by atoms with van der Waals surface area (Å²) >= 11 is 0.324. The van der Waals surface area contributed by atoms with Crippen molar-refractivity contribution in [3.8, 4) is 17.2 Å². The second-order valence-electron chi connectivity index (χ2n) is 13.4. The predicted molar refractivity (Wildman–Crippen MR) is 234 cm³/mol. The standard InChI is InChI=1S/C36H31N9O20S4/c37-22-13-29(68(56,57)58)25(16-28(22)66-65-64-52)41-39-23-14-27(63-10-8-47)24(15-26(23)62-9-7-46)40-42-31-30(69(59,60)61)12-17-11-18(1-6-21(17)34(31)48)38-43-32-33(36(50)51)44-45(35(32)49)19-2-4-20(5-3-19)67(53,54)55/h1-6,11-16,32,46-48,52H,7-10,37H2,(H,50,51)(H,53,54,55)(H,56,57,58)(H,59,60,61). The van der Waals surface area contributed by atoms with Crippen LogP contribution in [0.1, 0.15) is 0 Å². The first-order valence-corrected chi connectivity index (χ1v) is 23.6. The molecule has 1 amide bonds. The maximum Gasteiger partial charge on any atom is 0.355 e. The summed E-state index contributed by atoms with van der Waals surface area (Å²) in [6.07, 6.45) is 0. The number of carboxylic acid groups (broad SMARTS) is 1. The molecule has 0 saturated carbocycles. The zero-order chi connectivity index (χ0) is 50.4. The Bertz CT molecular complexity index is 3320. The molecule has 0 spiro atoms. The summed E-state index contributed by atoms with van der Waals surface area (Å²) in [5, 5.41) is 79.7. The third-order valence-electron chi connectivity index (χ3n) is 8.89. The highest BCUT2D eigenvalue weighted by atomic mass is 32.2. The Hall–Kier alpha value is -7.15. The number of nitrogens with zero attached hydrogens (tertiary/aromatic N) is 8. The van der Waals surface area contributed by atoms with Crippen molar-refractivity contribution in [1.29, 1.82) is 0 Å². The molecule has 1 heterocycles. The number of azo groups is 3. The number of phenolic OH excluding ortho intramolecular Hbond substituents is 1. The minimum absolute atomic E-state index is 0.0671. The van der Waals surface area contributed by atoms with Gasteiger partial charge in [0.15, 0.2) is 11.5 Å². The smallest absolute Gasteiger partial charge is 0.355 e. The molecule has 0 radical (unpaired) electrons. The number of hydrogen-bond acceptors (Lipinski definition) is 25. The van der Waals surface area contributed by atoms with E-state index in [2.05, 4.69) is 45.2 Å². The van der Waals surface area contributed by atoms with E-state index in [1.54, 1.807) is 0 Å². The van der Waals surface area contributed by atoms with Gasteiger partial charge in [-0.05, 0) is 66.0 Å². The molecule has 1 aliphatic rings. The molecule has 1 aliphatic heterocycles. The van der Waals surface area contributed by atoms with Gasteiger partial charge in [0.05, 0.1) is 46.4 Å². The van der Waals surface area contributed by atoms with E-state index in [1.807, 2.05) is 0 Å². The Kier molecular flexibility index (Phi) is 15.6. The number of ether oxygens (including phenoxy) is 2. The van der Waals surface area contributed by atoms with Gasteiger partial charge in [0, 0.05) is 23.2 Å². The van der Waals surface area contributed by atoms with Crippen LogP contribution in [0.15, 0.2) is 128 Å². The number of carboxylic acids is 1. The van der Waals surface area contributed by atoms with Gasteiger partial charge in [-0.3, -0.25) is 18.5 Å². The van der Waals surface area contributed by atoms with E-state index in [4.69, 9.17) is 20.5 Å². The number of fused-ring (bicyclic) bond motifs is 1. The van der Waals surface area contributed by atoms with Gasteiger partial charge in [0.1, 0.15) is 57.3 Å². The maximum absolute atomic E-state index is 13.3. The maximum atomic E-state index is 13.3. The van der Waals surface area contributed by atoms with Crippen LogP contribution in [0.5, 0.6) is 17.2 Å². The van der Waals surface area contributed by atoms with Crippen LogP contribution in [0.25, 0.3) is 10.8 Å². The lowest BCUT2D eigenvalue weighted by Crippen LogP contribution is -2.33. The first-order chi connectivity index (χ1) is 32.5. The fourth-order valence-electron chi connectivity index (χ4n) is 5.89. The molecule has 0 aromatic heterocycles. The number of carbonyl (C=O) groups excluding carboxylic acids is 1. The van der Waals surface area contributed by atoms with E-state index >= 15 is 0 Å². The molecule has 0 aliphatic carbocycles. The van der Waals surface area contributed by atoms with Crippen molar-refractivity contribution in [3.63, 3.8) is 0 Å². The van der Waals surface area contributed by atoms with Crippen molar-refractivity contribution >= 4 is 111 Å². The fourth-order valence-corrected chi connectivity index (χ4v) is 8.09. The van der Waals surface area contributed by atoms with Crippen LogP contribution in [0.3, 0.4) is 0 Å². The minimum Gasteiger partial charge on any atom is -0.505 e. The number of carbonyl (C=O) groups is 2. The Morgan fingerprint density at radius 3 is 1.90 bits per heavy atom. The zero-order valence-corrected chi connectivity index (χ0v) is 37.4. The highest BCUT2D eigenvalue weighted by Gasteiger charge is 2.41. The number of phenols is 1. The fraction of sp³-hybridized carbons (Fsp3) is 0.139. The third kappa shape index (κ3) is 11.9. The number of amides is 1. The minimum atomic E-state index is -5.26. The molecule has 29 nitrogen and oxygen atoms in total. The van der Waals surface area contributed by atoms with Crippen molar-refractivity contribution in [2.45, 2.75) is 25.6 Å². The van der Waals surface area contributed by atoms with Crippen LogP contribution < -0.4 is 20.2 Å².